The molecule has 0 radical (unpaired) electrons. The van der Waals surface area contributed by atoms with E-state index in [-0.39, 0.29) is 0 Å². The predicted molar refractivity (Wildman–Crippen MR) is 175 cm³/mol. The average molecular weight is 535 g/mol. The van der Waals surface area contributed by atoms with E-state index in [1.807, 2.05) is 11.8 Å². The van der Waals surface area contributed by atoms with E-state index in [0.717, 1.165) is 12.8 Å². The summed E-state index contributed by atoms with van der Waals surface area (Å²) >= 11 is 1.82. The van der Waals surface area contributed by atoms with Crippen LogP contribution in [0.3, 0.4) is 0 Å². The number of unbranched alkanes of at least 4 members (excludes halogenated alkanes) is 4. The van der Waals surface area contributed by atoms with E-state index in [0.29, 0.717) is 23.7 Å². The molecule has 2 aromatic rings. The molecule has 2 nitrogen and oxygen atoms in total. The van der Waals surface area contributed by atoms with Crippen molar-refractivity contribution in [1.29, 1.82) is 0 Å². The fourth-order valence-electron chi connectivity index (χ4n) is 5.04. The SMILES string of the molecule is CSC(CCCCCCCC(C)=Nc1c(C(C)C)cccc1C(C)C)=Nc1c(C(C)C)cccc1C(C)C. The summed E-state index contributed by atoms with van der Waals surface area (Å²) in [4.78, 5) is 10.4. The van der Waals surface area contributed by atoms with Crippen LogP contribution in [0.2, 0.25) is 0 Å². The van der Waals surface area contributed by atoms with E-state index >= 15 is 0 Å². The third kappa shape index (κ3) is 9.70. The molecule has 0 amide bonds. The molecule has 0 atom stereocenters. The van der Waals surface area contributed by atoms with E-state index in [1.165, 1.54) is 76.5 Å². The Hall–Kier alpha value is -1.87. The van der Waals surface area contributed by atoms with E-state index in [2.05, 4.69) is 105 Å². The van der Waals surface area contributed by atoms with Crippen LogP contribution in [0.1, 0.15) is 153 Å². The first-order valence-electron chi connectivity index (χ1n) is 15.0. The van der Waals surface area contributed by atoms with Crippen LogP contribution in [0, 0.1) is 0 Å². The minimum absolute atomic E-state index is 0.485. The van der Waals surface area contributed by atoms with Gasteiger partial charge in [-0.1, -0.05) is 111 Å². The molecule has 0 heterocycles. The van der Waals surface area contributed by atoms with Crippen LogP contribution in [0.4, 0.5) is 11.4 Å². The lowest BCUT2D eigenvalue weighted by atomic mass is 9.93. The molecule has 3 heteroatoms. The number of rotatable bonds is 14. The third-order valence-electron chi connectivity index (χ3n) is 7.39. The molecule has 0 aromatic heterocycles. The summed E-state index contributed by atoms with van der Waals surface area (Å²) in [6, 6.07) is 13.4. The van der Waals surface area contributed by atoms with Gasteiger partial charge in [-0.15, -0.1) is 11.8 Å². The molecule has 0 aliphatic rings. The second-order valence-electron chi connectivity index (χ2n) is 12.0. The van der Waals surface area contributed by atoms with Gasteiger partial charge in [-0.3, -0.25) is 4.99 Å². The molecule has 2 rings (SSSR count). The summed E-state index contributed by atoms with van der Waals surface area (Å²) < 4.78 is 0. The number of thioether (sulfide) groups is 1. The highest BCUT2D eigenvalue weighted by Crippen LogP contribution is 2.36. The highest BCUT2D eigenvalue weighted by Gasteiger charge is 2.15. The summed E-state index contributed by atoms with van der Waals surface area (Å²) in [6.45, 7) is 20.4. The summed E-state index contributed by atoms with van der Waals surface area (Å²) in [5.41, 5.74) is 9.20. The maximum absolute atomic E-state index is 5.22. The molecular formula is C35H54N2S. The van der Waals surface area contributed by atoms with Crippen molar-refractivity contribution in [3.8, 4) is 0 Å². The van der Waals surface area contributed by atoms with Crippen molar-refractivity contribution in [2.24, 2.45) is 9.98 Å². The number of aliphatic imine (C=N–C) groups is 2. The fourth-order valence-corrected chi connectivity index (χ4v) is 5.58. The summed E-state index contributed by atoms with van der Waals surface area (Å²) in [5.74, 6) is 1.95. The lowest BCUT2D eigenvalue weighted by Crippen LogP contribution is -1.99. The van der Waals surface area contributed by atoms with Gasteiger partial charge >= 0.3 is 0 Å². The van der Waals surface area contributed by atoms with Gasteiger partial charge in [0, 0.05) is 5.71 Å². The van der Waals surface area contributed by atoms with Crippen LogP contribution >= 0.6 is 11.8 Å². The zero-order valence-electron chi connectivity index (χ0n) is 26.0. The van der Waals surface area contributed by atoms with Crippen molar-refractivity contribution >= 4 is 33.9 Å². The second kappa shape index (κ2) is 16.3. The van der Waals surface area contributed by atoms with Crippen molar-refractivity contribution in [2.45, 2.75) is 131 Å². The Bertz CT molecular complexity index is 1010. The lowest BCUT2D eigenvalue weighted by Gasteiger charge is -2.17. The number of para-hydroxylation sites is 2. The van der Waals surface area contributed by atoms with Crippen molar-refractivity contribution in [3.05, 3.63) is 58.7 Å². The van der Waals surface area contributed by atoms with E-state index in [1.54, 1.807) is 0 Å². The monoisotopic (exact) mass is 534 g/mol. The molecule has 0 spiro atoms. The van der Waals surface area contributed by atoms with Gasteiger partial charge in [0.2, 0.25) is 0 Å². The molecule has 0 aliphatic heterocycles. The molecule has 0 fully saturated rings. The smallest absolute Gasteiger partial charge is 0.0736 e. The van der Waals surface area contributed by atoms with Gasteiger partial charge in [-0.2, -0.15) is 0 Å². The van der Waals surface area contributed by atoms with Gasteiger partial charge in [0.15, 0.2) is 0 Å². The quantitative estimate of drug-likeness (QED) is 0.134. The Morgan fingerprint density at radius 3 is 1.34 bits per heavy atom. The highest BCUT2D eigenvalue weighted by molar-refractivity contribution is 8.13. The Morgan fingerprint density at radius 2 is 0.947 bits per heavy atom. The number of benzene rings is 2. The Balaban J connectivity index is 1.90. The van der Waals surface area contributed by atoms with Crippen LogP contribution in [0.5, 0.6) is 0 Å². The van der Waals surface area contributed by atoms with Crippen LogP contribution in [-0.2, 0) is 0 Å². The molecule has 0 N–H and O–H groups in total. The molecular weight excluding hydrogens is 480 g/mol. The minimum atomic E-state index is 0.485. The van der Waals surface area contributed by atoms with Gasteiger partial charge in [0.1, 0.15) is 0 Å². The zero-order chi connectivity index (χ0) is 28.2. The minimum Gasteiger partial charge on any atom is -0.258 e. The number of nitrogens with zero attached hydrogens (tertiary/aromatic N) is 2. The van der Waals surface area contributed by atoms with Crippen LogP contribution in [0.15, 0.2) is 46.4 Å². The third-order valence-corrected chi connectivity index (χ3v) is 8.16. The standard InChI is InChI=1S/C35H54N2S/c1-24(2)29-19-16-20-30(25(3)4)34(29)36-28(9)18-14-12-11-13-15-23-33(38-10)37-35-31(26(5)6)21-17-22-32(35)27(7)8/h16-17,19-22,24-27H,11-15,18,23H2,1-10H3. The summed E-state index contributed by atoms with van der Waals surface area (Å²) in [5, 5.41) is 1.27. The first-order valence-corrected chi connectivity index (χ1v) is 16.2. The van der Waals surface area contributed by atoms with Gasteiger partial charge in [-0.05, 0) is 84.8 Å². The summed E-state index contributed by atoms with van der Waals surface area (Å²) in [7, 11) is 0. The number of hydrogen-bond acceptors (Lipinski definition) is 3. The average Bonchev–Trinajstić information content (AvgIpc) is 2.86. The predicted octanol–water partition coefficient (Wildman–Crippen LogP) is 12.1. The molecule has 0 aliphatic carbocycles. The highest BCUT2D eigenvalue weighted by atomic mass is 32.2. The Morgan fingerprint density at radius 1 is 0.579 bits per heavy atom. The Labute approximate surface area is 239 Å². The molecule has 0 saturated heterocycles. The molecule has 210 valence electrons. The van der Waals surface area contributed by atoms with Crippen molar-refractivity contribution in [2.75, 3.05) is 6.26 Å². The van der Waals surface area contributed by atoms with Crippen molar-refractivity contribution in [3.63, 3.8) is 0 Å². The first-order chi connectivity index (χ1) is 18.1. The number of hydrogen-bond donors (Lipinski definition) is 0. The van der Waals surface area contributed by atoms with E-state index in [4.69, 9.17) is 9.98 Å². The van der Waals surface area contributed by atoms with Gasteiger partial charge < -0.3 is 0 Å². The lowest BCUT2D eigenvalue weighted by molar-refractivity contribution is 0.632. The Kier molecular flexibility index (Phi) is 13.9. The largest absolute Gasteiger partial charge is 0.258 e. The first kappa shape index (κ1) is 32.3. The van der Waals surface area contributed by atoms with Crippen LogP contribution < -0.4 is 0 Å². The fraction of sp³-hybridized carbons (Fsp3) is 0.600. The van der Waals surface area contributed by atoms with Crippen molar-refractivity contribution < 1.29 is 0 Å². The van der Waals surface area contributed by atoms with Gasteiger partial charge in [0.05, 0.1) is 16.4 Å². The molecule has 0 unspecified atom stereocenters. The normalized spacial score (nSPS) is 13.0. The van der Waals surface area contributed by atoms with Crippen LogP contribution in [0.25, 0.3) is 0 Å². The second-order valence-corrected chi connectivity index (χ2v) is 12.9. The zero-order valence-corrected chi connectivity index (χ0v) is 26.8. The molecule has 0 bridgehead atoms. The molecule has 0 saturated carbocycles. The maximum atomic E-state index is 5.22. The van der Waals surface area contributed by atoms with Gasteiger partial charge in [-0.25, -0.2) is 4.99 Å². The van der Waals surface area contributed by atoms with Crippen molar-refractivity contribution in [1.82, 2.24) is 0 Å². The van der Waals surface area contributed by atoms with E-state index in [9.17, 15) is 0 Å². The van der Waals surface area contributed by atoms with E-state index < -0.39 is 0 Å². The van der Waals surface area contributed by atoms with Gasteiger partial charge in [0.25, 0.3) is 0 Å². The molecule has 2 aromatic carbocycles. The maximum Gasteiger partial charge on any atom is 0.0736 e. The topological polar surface area (TPSA) is 24.7 Å². The van der Waals surface area contributed by atoms with Crippen LogP contribution in [-0.4, -0.2) is 17.0 Å². The summed E-state index contributed by atoms with van der Waals surface area (Å²) in [6.07, 6.45) is 10.6. The molecule has 38 heavy (non-hydrogen) atoms.